The molecule has 0 fully saturated rings. The lowest BCUT2D eigenvalue weighted by Crippen LogP contribution is -2.18. The van der Waals surface area contributed by atoms with Crippen molar-refractivity contribution in [2.24, 2.45) is 0 Å². The smallest absolute Gasteiger partial charge is 0.341 e. The quantitative estimate of drug-likeness (QED) is 0.410. The van der Waals surface area contributed by atoms with Gasteiger partial charge in [0.25, 0.3) is 11.8 Å². The van der Waals surface area contributed by atoms with Crippen LogP contribution >= 0.6 is 22.9 Å². The summed E-state index contributed by atoms with van der Waals surface area (Å²) in [6, 6.07) is 9.40. The zero-order valence-corrected chi connectivity index (χ0v) is 19.4. The van der Waals surface area contributed by atoms with E-state index in [1.807, 2.05) is 0 Å². The van der Waals surface area contributed by atoms with Crippen molar-refractivity contribution in [1.82, 2.24) is 0 Å². The van der Waals surface area contributed by atoms with E-state index in [0.29, 0.717) is 10.7 Å². The molecule has 33 heavy (non-hydrogen) atoms. The predicted molar refractivity (Wildman–Crippen MR) is 123 cm³/mol. The van der Waals surface area contributed by atoms with Crippen LogP contribution in [-0.2, 0) is 4.74 Å². The highest BCUT2D eigenvalue weighted by molar-refractivity contribution is 7.19. The number of amides is 2. The van der Waals surface area contributed by atoms with Gasteiger partial charge in [0.15, 0.2) is 0 Å². The van der Waals surface area contributed by atoms with Crippen molar-refractivity contribution in [2.45, 2.75) is 26.9 Å². The molecule has 1 heterocycles. The minimum absolute atomic E-state index is 0.0629. The third-order valence-electron chi connectivity index (χ3n) is 4.42. The first-order chi connectivity index (χ1) is 15.6. The Morgan fingerprint density at radius 1 is 0.939 bits per heavy atom. The Balaban J connectivity index is 1.99. The van der Waals surface area contributed by atoms with E-state index in [0.717, 1.165) is 29.5 Å². The summed E-state index contributed by atoms with van der Waals surface area (Å²) < 4.78 is 33.4. The lowest BCUT2D eigenvalue weighted by molar-refractivity contribution is 0.0379. The van der Waals surface area contributed by atoms with Crippen LogP contribution in [0.1, 0.15) is 49.8 Å². The second kappa shape index (κ2) is 10.1. The van der Waals surface area contributed by atoms with Crippen molar-refractivity contribution in [1.29, 1.82) is 0 Å². The number of benzene rings is 2. The third-order valence-corrected chi connectivity index (χ3v) is 5.88. The van der Waals surface area contributed by atoms with E-state index >= 15 is 0 Å². The molecular weight excluding hydrogens is 474 g/mol. The largest absolute Gasteiger partial charge is 0.459 e. The molecule has 0 atom stereocenters. The molecule has 0 aliphatic carbocycles. The fraction of sp³-hybridized carbons (Fsp3) is 0.174. The molecule has 2 N–H and O–H groups in total. The Labute approximate surface area is 197 Å². The van der Waals surface area contributed by atoms with Crippen molar-refractivity contribution in [3.05, 3.63) is 80.7 Å². The summed E-state index contributed by atoms with van der Waals surface area (Å²) in [5.74, 6) is -4.56. The SMILES string of the molecule is Cc1c(C(=O)Nc2ccc(Cl)cc2)sc(NC(=O)c2c(F)cccc2F)c1C(=O)OC(C)C. The Morgan fingerprint density at radius 2 is 1.55 bits per heavy atom. The summed E-state index contributed by atoms with van der Waals surface area (Å²) in [6.45, 7) is 4.80. The number of hydrogen-bond donors (Lipinski definition) is 2. The number of anilines is 2. The van der Waals surface area contributed by atoms with Crippen molar-refractivity contribution < 1.29 is 27.9 Å². The summed E-state index contributed by atoms with van der Waals surface area (Å²) in [5, 5.41) is 5.46. The molecule has 0 bridgehead atoms. The maximum absolute atomic E-state index is 14.1. The fourth-order valence-corrected chi connectivity index (χ4v) is 4.15. The Bertz CT molecular complexity index is 1210. The van der Waals surface area contributed by atoms with Gasteiger partial charge in [-0.05, 0) is 62.7 Å². The molecule has 0 saturated heterocycles. The number of carbonyl (C=O) groups excluding carboxylic acids is 3. The van der Waals surface area contributed by atoms with E-state index in [9.17, 15) is 23.2 Å². The number of hydrogen-bond acceptors (Lipinski definition) is 5. The molecule has 3 rings (SSSR count). The van der Waals surface area contributed by atoms with Gasteiger partial charge in [0, 0.05) is 10.7 Å². The maximum Gasteiger partial charge on any atom is 0.341 e. The van der Waals surface area contributed by atoms with E-state index < -0.39 is 41.1 Å². The average Bonchev–Trinajstić information content (AvgIpc) is 3.05. The molecule has 0 radical (unpaired) electrons. The number of halogens is 3. The molecule has 172 valence electrons. The molecule has 0 saturated carbocycles. The molecule has 2 aromatic carbocycles. The molecular formula is C23H19ClF2N2O4S. The summed E-state index contributed by atoms with van der Waals surface area (Å²) in [7, 11) is 0. The highest BCUT2D eigenvalue weighted by atomic mass is 35.5. The normalized spacial score (nSPS) is 10.8. The molecule has 1 aromatic heterocycles. The summed E-state index contributed by atoms with van der Waals surface area (Å²) in [5.41, 5.74) is -0.164. The molecule has 0 aliphatic rings. The van der Waals surface area contributed by atoms with Gasteiger partial charge in [-0.3, -0.25) is 9.59 Å². The molecule has 0 spiro atoms. The van der Waals surface area contributed by atoms with Gasteiger partial charge in [-0.1, -0.05) is 17.7 Å². The highest BCUT2D eigenvalue weighted by Gasteiger charge is 2.28. The number of nitrogens with one attached hydrogen (secondary N) is 2. The van der Waals surface area contributed by atoms with Gasteiger partial charge in [0.2, 0.25) is 0 Å². The number of carbonyl (C=O) groups is 3. The minimum atomic E-state index is -1.10. The van der Waals surface area contributed by atoms with E-state index in [1.54, 1.807) is 38.1 Å². The zero-order chi connectivity index (χ0) is 24.3. The lowest BCUT2D eigenvalue weighted by Gasteiger charge is -2.11. The van der Waals surface area contributed by atoms with Crippen LogP contribution in [-0.4, -0.2) is 23.9 Å². The van der Waals surface area contributed by atoms with Gasteiger partial charge in [0.05, 0.1) is 16.5 Å². The van der Waals surface area contributed by atoms with Crippen LogP contribution in [0.3, 0.4) is 0 Å². The summed E-state index contributed by atoms with van der Waals surface area (Å²) in [6.07, 6.45) is -0.476. The molecule has 2 amide bonds. The van der Waals surface area contributed by atoms with E-state index in [4.69, 9.17) is 16.3 Å². The topological polar surface area (TPSA) is 84.5 Å². The van der Waals surface area contributed by atoms with Crippen LogP contribution in [0.15, 0.2) is 42.5 Å². The van der Waals surface area contributed by atoms with Gasteiger partial charge < -0.3 is 15.4 Å². The van der Waals surface area contributed by atoms with E-state index in [2.05, 4.69) is 10.6 Å². The van der Waals surface area contributed by atoms with Crippen molar-refractivity contribution in [3.63, 3.8) is 0 Å². The van der Waals surface area contributed by atoms with Crippen LogP contribution in [0.4, 0.5) is 19.5 Å². The Kier molecular flexibility index (Phi) is 7.45. The number of thiophene rings is 1. The number of ether oxygens (including phenoxy) is 1. The first-order valence-corrected chi connectivity index (χ1v) is 10.9. The maximum atomic E-state index is 14.1. The van der Waals surface area contributed by atoms with Crippen LogP contribution in [0.5, 0.6) is 0 Å². The Morgan fingerprint density at radius 3 is 2.12 bits per heavy atom. The van der Waals surface area contributed by atoms with Gasteiger partial charge >= 0.3 is 5.97 Å². The van der Waals surface area contributed by atoms with Crippen LogP contribution in [0.2, 0.25) is 5.02 Å². The standard InChI is InChI=1S/C23H19ClF2N2O4S/c1-11(2)32-23(31)17-12(3)19(21(30)27-14-9-7-13(24)8-10-14)33-22(17)28-20(29)18-15(25)5-4-6-16(18)26/h4-11H,1-3H3,(H,27,30)(H,28,29). The van der Waals surface area contributed by atoms with Crippen molar-refractivity contribution in [2.75, 3.05) is 10.6 Å². The van der Waals surface area contributed by atoms with E-state index in [1.165, 1.54) is 6.92 Å². The predicted octanol–water partition coefficient (Wildman–Crippen LogP) is 6.06. The number of rotatable bonds is 6. The molecule has 10 heteroatoms. The first kappa shape index (κ1) is 24.3. The lowest BCUT2D eigenvalue weighted by atomic mass is 10.1. The monoisotopic (exact) mass is 492 g/mol. The fourth-order valence-electron chi connectivity index (χ4n) is 2.94. The number of esters is 1. The van der Waals surface area contributed by atoms with Gasteiger partial charge in [0.1, 0.15) is 22.2 Å². The van der Waals surface area contributed by atoms with Crippen molar-refractivity contribution in [3.8, 4) is 0 Å². The molecule has 0 unspecified atom stereocenters. The highest BCUT2D eigenvalue weighted by Crippen LogP contribution is 2.35. The Hall–Kier alpha value is -3.30. The van der Waals surface area contributed by atoms with Crippen molar-refractivity contribution >= 4 is 51.4 Å². The molecule has 6 nitrogen and oxygen atoms in total. The third kappa shape index (κ3) is 5.55. The first-order valence-electron chi connectivity index (χ1n) is 9.75. The van der Waals surface area contributed by atoms with E-state index in [-0.39, 0.29) is 21.0 Å². The summed E-state index contributed by atoms with van der Waals surface area (Å²) in [4.78, 5) is 38.3. The van der Waals surface area contributed by atoms with Gasteiger partial charge in [-0.2, -0.15) is 0 Å². The van der Waals surface area contributed by atoms with Crippen LogP contribution in [0.25, 0.3) is 0 Å². The van der Waals surface area contributed by atoms with Crippen LogP contribution < -0.4 is 10.6 Å². The second-order valence-corrected chi connectivity index (χ2v) is 8.68. The average molecular weight is 493 g/mol. The van der Waals surface area contributed by atoms with Gasteiger partial charge in [-0.15, -0.1) is 11.3 Å². The van der Waals surface area contributed by atoms with Crippen LogP contribution in [0, 0.1) is 18.6 Å². The molecule has 3 aromatic rings. The van der Waals surface area contributed by atoms with Gasteiger partial charge in [-0.25, -0.2) is 13.6 Å². The zero-order valence-electron chi connectivity index (χ0n) is 17.8. The summed E-state index contributed by atoms with van der Waals surface area (Å²) >= 11 is 6.65. The molecule has 0 aliphatic heterocycles. The minimum Gasteiger partial charge on any atom is -0.459 e. The second-order valence-electron chi connectivity index (χ2n) is 7.23.